The van der Waals surface area contributed by atoms with Gasteiger partial charge in [-0.15, -0.1) is 0 Å². The van der Waals surface area contributed by atoms with E-state index in [0.29, 0.717) is 13.1 Å². The molecule has 2 bridgehead atoms. The first kappa shape index (κ1) is 22.1. The summed E-state index contributed by atoms with van der Waals surface area (Å²) in [6.07, 6.45) is -4.80. The normalized spacial score (nSPS) is 21.8. The Morgan fingerprint density at radius 2 is 1.70 bits per heavy atom. The predicted octanol–water partition coefficient (Wildman–Crippen LogP) is 2.36. The van der Waals surface area contributed by atoms with Gasteiger partial charge in [-0.1, -0.05) is 25.1 Å². The Labute approximate surface area is 171 Å². The number of morpholine rings is 2. The maximum atomic E-state index is 13.0. The Bertz CT molecular complexity index is 914. The number of fused-ring (bicyclic) bond motifs is 3. The molecule has 0 spiro atoms. The van der Waals surface area contributed by atoms with Crippen molar-refractivity contribution >= 4 is 22.8 Å². The third kappa shape index (κ3) is 4.76. The number of halogens is 3. The van der Waals surface area contributed by atoms with Crippen LogP contribution in [0.5, 0.6) is 0 Å². The number of likely N-dealkylation sites (N-methyl/N-ethyl adjacent to an activating group) is 1. The summed E-state index contributed by atoms with van der Waals surface area (Å²) in [7, 11) is 1.97. The second-order valence-electron chi connectivity index (χ2n) is 7.39. The number of aryl methyl sites for hydroxylation is 1. The number of ether oxygens (including phenoxy) is 1. The van der Waals surface area contributed by atoms with Gasteiger partial charge in [0, 0.05) is 44.1 Å². The number of rotatable bonds is 2. The number of carbonyl (C=O) groups excluding carboxylic acids is 1. The molecule has 0 aliphatic carbocycles. The lowest BCUT2D eigenvalue weighted by atomic mass is 10.1. The number of para-hydroxylation sites is 1. The number of aromatic nitrogens is 1. The summed E-state index contributed by atoms with van der Waals surface area (Å²) in [5, 5.41) is 8.24. The quantitative estimate of drug-likeness (QED) is 0.797. The van der Waals surface area contributed by atoms with Gasteiger partial charge in [0.1, 0.15) is 5.69 Å². The largest absolute Gasteiger partial charge is 0.490 e. The minimum atomic E-state index is -5.08. The molecule has 2 aromatic rings. The Balaban J connectivity index is 0.000000318. The van der Waals surface area contributed by atoms with E-state index in [1.807, 2.05) is 34.7 Å². The van der Waals surface area contributed by atoms with Crippen LogP contribution in [-0.2, 0) is 16.6 Å². The molecule has 2 saturated heterocycles. The fourth-order valence-electron chi connectivity index (χ4n) is 3.86. The van der Waals surface area contributed by atoms with E-state index in [2.05, 4.69) is 24.0 Å². The summed E-state index contributed by atoms with van der Waals surface area (Å²) >= 11 is 0. The zero-order chi connectivity index (χ0) is 22.1. The zero-order valence-electron chi connectivity index (χ0n) is 16.7. The molecule has 3 heterocycles. The van der Waals surface area contributed by atoms with Crippen molar-refractivity contribution in [2.45, 2.75) is 25.3 Å². The van der Waals surface area contributed by atoms with Gasteiger partial charge in [-0.3, -0.25) is 9.69 Å². The van der Waals surface area contributed by atoms with Gasteiger partial charge in [-0.05, 0) is 18.7 Å². The number of amides is 1. The summed E-state index contributed by atoms with van der Waals surface area (Å²) in [4.78, 5) is 26.3. The molecule has 0 saturated carbocycles. The van der Waals surface area contributed by atoms with Crippen LogP contribution in [0.2, 0.25) is 0 Å². The second kappa shape index (κ2) is 8.65. The van der Waals surface area contributed by atoms with E-state index in [9.17, 15) is 18.0 Å². The molecule has 1 N–H and O–H groups in total. The van der Waals surface area contributed by atoms with Crippen molar-refractivity contribution in [3.8, 4) is 0 Å². The lowest BCUT2D eigenvalue weighted by Crippen LogP contribution is -2.60. The zero-order valence-corrected chi connectivity index (χ0v) is 16.7. The standard InChI is InChI=1S/C18H23N3O2.C2HF3O2/c1-3-20-9-14-11-21(12-15(10-20)23-14)18(22)17-8-13-6-4-5-7-16(13)19(17)2;3-2(4,5)1(6)7/h4-8,14-15H,3,9-12H2,1-2H3;(H,6,7). The highest BCUT2D eigenvalue weighted by molar-refractivity contribution is 5.98. The summed E-state index contributed by atoms with van der Waals surface area (Å²) in [5.41, 5.74) is 1.86. The molecule has 10 heteroatoms. The van der Waals surface area contributed by atoms with Crippen molar-refractivity contribution < 1.29 is 32.6 Å². The van der Waals surface area contributed by atoms with E-state index in [4.69, 9.17) is 14.6 Å². The van der Waals surface area contributed by atoms with Crippen LogP contribution in [0.1, 0.15) is 17.4 Å². The minimum Gasteiger partial charge on any atom is -0.475 e. The van der Waals surface area contributed by atoms with Crippen molar-refractivity contribution in [3.05, 3.63) is 36.0 Å². The van der Waals surface area contributed by atoms with Gasteiger partial charge in [0.15, 0.2) is 0 Å². The number of aliphatic carboxylic acids is 1. The van der Waals surface area contributed by atoms with Gasteiger partial charge < -0.3 is 19.3 Å². The summed E-state index contributed by atoms with van der Waals surface area (Å²) in [6.45, 7) is 6.45. The summed E-state index contributed by atoms with van der Waals surface area (Å²) in [6, 6.07) is 10.1. The number of carboxylic acids is 1. The molecule has 1 amide bonds. The molecule has 2 atom stereocenters. The topological polar surface area (TPSA) is 75.0 Å². The maximum Gasteiger partial charge on any atom is 0.490 e. The van der Waals surface area contributed by atoms with E-state index in [-0.39, 0.29) is 18.1 Å². The molecule has 4 rings (SSSR count). The Morgan fingerprint density at radius 1 is 1.13 bits per heavy atom. The van der Waals surface area contributed by atoms with Crippen LogP contribution in [0.15, 0.2) is 30.3 Å². The number of benzene rings is 1. The predicted molar refractivity (Wildman–Crippen MR) is 103 cm³/mol. The molecule has 1 aromatic heterocycles. The fourth-order valence-corrected chi connectivity index (χ4v) is 3.86. The molecule has 164 valence electrons. The molecule has 2 aliphatic heterocycles. The van der Waals surface area contributed by atoms with Crippen molar-refractivity contribution in [2.24, 2.45) is 7.05 Å². The van der Waals surface area contributed by atoms with Crippen LogP contribution in [-0.4, -0.2) is 82.5 Å². The van der Waals surface area contributed by atoms with Gasteiger partial charge in [0.25, 0.3) is 5.91 Å². The van der Waals surface area contributed by atoms with Crippen molar-refractivity contribution in [2.75, 3.05) is 32.7 Å². The average molecular weight is 427 g/mol. The van der Waals surface area contributed by atoms with Gasteiger partial charge in [-0.2, -0.15) is 13.2 Å². The van der Waals surface area contributed by atoms with Crippen LogP contribution in [0, 0.1) is 0 Å². The smallest absolute Gasteiger partial charge is 0.475 e. The molecule has 0 radical (unpaired) electrons. The number of hydrogen-bond acceptors (Lipinski definition) is 4. The van der Waals surface area contributed by atoms with E-state index < -0.39 is 12.1 Å². The van der Waals surface area contributed by atoms with E-state index in [1.165, 1.54) is 0 Å². The lowest BCUT2D eigenvalue weighted by molar-refractivity contribution is -0.192. The monoisotopic (exact) mass is 427 g/mol. The van der Waals surface area contributed by atoms with Gasteiger partial charge in [0.05, 0.1) is 12.2 Å². The van der Waals surface area contributed by atoms with E-state index in [1.54, 1.807) is 0 Å². The number of nitrogens with zero attached hydrogens (tertiary/aromatic N) is 3. The molecule has 1 aromatic carbocycles. The van der Waals surface area contributed by atoms with Crippen molar-refractivity contribution in [3.63, 3.8) is 0 Å². The maximum absolute atomic E-state index is 13.0. The molecule has 30 heavy (non-hydrogen) atoms. The molecule has 7 nitrogen and oxygen atoms in total. The van der Waals surface area contributed by atoms with Crippen LogP contribution in [0.3, 0.4) is 0 Å². The third-order valence-corrected chi connectivity index (χ3v) is 5.30. The highest BCUT2D eigenvalue weighted by atomic mass is 19.4. The van der Waals surface area contributed by atoms with Crippen molar-refractivity contribution in [1.82, 2.24) is 14.4 Å². The Morgan fingerprint density at radius 3 is 2.20 bits per heavy atom. The SMILES string of the molecule is CCN1CC2CN(C(=O)c3cc4ccccc4n3C)CC(C1)O2.O=C(O)C(F)(F)F. The second-order valence-corrected chi connectivity index (χ2v) is 7.39. The highest BCUT2D eigenvalue weighted by Crippen LogP contribution is 2.23. The van der Waals surface area contributed by atoms with Crippen LogP contribution in [0.4, 0.5) is 13.2 Å². The van der Waals surface area contributed by atoms with Crippen LogP contribution in [0.25, 0.3) is 10.9 Å². The Kier molecular flexibility index (Phi) is 6.37. The molecular formula is C20H24F3N3O4. The van der Waals surface area contributed by atoms with Gasteiger partial charge in [-0.25, -0.2) is 4.79 Å². The summed E-state index contributed by atoms with van der Waals surface area (Å²) in [5.74, 6) is -2.64. The molecule has 2 unspecified atom stereocenters. The average Bonchev–Trinajstić information content (AvgIpc) is 3.03. The first-order chi connectivity index (χ1) is 14.1. The van der Waals surface area contributed by atoms with Crippen LogP contribution < -0.4 is 0 Å². The van der Waals surface area contributed by atoms with Crippen LogP contribution >= 0.6 is 0 Å². The lowest BCUT2D eigenvalue weighted by Gasteiger charge is -2.45. The first-order valence-corrected chi connectivity index (χ1v) is 9.61. The number of carbonyl (C=O) groups is 2. The number of carboxylic acid groups (broad SMARTS) is 1. The van der Waals surface area contributed by atoms with Gasteiger partial charge in [0.2, 0.25) is 0 Å². The fraction of sp³-hybridized carbons (Fsp3) is 0.500. The molecule has 2 aliphatic rings. The van der Waals surface area contributed by atoms with Gasteiger partial charge >= 0.3 is 12.1 Å². The van der Waals surface area contributed by atoms with E-state index >= 15 is 0 Å². The summed E-state index contributed by atoms with van der Waals surface area (Å²) < 4.78 is 39.8. The Hall–Kier alpha value is -2.59. The molecular weight excluding hydrogens is 403 g/mol. The number of alkyl halides is 3. The van der Waals surface area contributed by atoms with E-state index in [0.717, 1.165) is 36.2 Å². The first-order valence-electron chi connectivity index (χ1n) is 9.61. The molecule has 2 fully saturated rings. The van der Waals surface area contributed by atoms with Crippen molar-refractivity contribution in [1.29, 1.82) is 0 Å². The number of hydrogen-bond donors (Lipinski definition) is 1. The highest BCUT2D eigenvalue weighted by Gasteiger charge is 2.38. The third-order valence-electron chi connectivity index (χ3n) is 5.30. The minimum absolute atomic E-state index is 0.118.